The molecule has 4 rings (SSSR count). The van der Waals surface area contributed by atoms with Crippen LogP contribution in [-0.2, 0) is 15.8 Å². The van der Waals surface area contributed by atoms with Crippen molar-refractivity contribution in [3.63, 3.8) is 0 Å². The zero-order chi connectivity index (χ0) is 31.6. The summed E-state index contributed by atoms with van der Waals surface area (Å²) in [5.41, 5.74) is -2.81. The number of hydrogen-bond donors (Lipinski definition) is 1. The van der Waals surface area contributed by atoms with Gasteiger partial charge in [0.2, 0.25) is 5.75 Å². The Labute approximate surface area is 252 Å². The summed E-state index contributed by atoms with van der Waals surface area (Å²) in [4.78, 5) is 59.7. The van der Waals surface area contributed by atoms with Gasteiger partial charge in [-0.2, -0.15) is 13.2 Å². The van der Waals surface area contributed by atoms with Crippen molar-refractivity contribution in [1.29, 1.82) is 0 Å². The first-order valence-corrected chi connectivity index (χ1v) is 12.9. The van der Waals surface area contributed by atoms with Crippen LogP contribution in [0.5, 0.6) is 17.2 Å². The van der Waals surface area contributed by atoms with Crippen molar-refractivity contribution in [2.75, 3.05) is 11.5 Å². The third kappa shape index (κ3) is 6.55. The number of nitrogens with one attached hydrogen (secondary N) is 1. The number of benzene rings is 3. The zero-order valence-corrected chi connectivity index (χ0v) is 23.7. The second-order valence-electron chi connectivity index (χ2n) is 8.53. The van der Waals surface area contributed by atoms with Gasteiger partial charge in [-0.15, -0.1) is 0 Å². The van der Waals surface area contributed by atoms with E-state index in [4.69, 9.17) is 9.47 Å². The Kier molecular flexibility index (Phi) is 8.65. The quantitative estimate of drug-likeness (QED) is 0.0970. The number of hydrogen-bond acceptors (Lipinski definition) is 9. The van der Waals surface area contributed by atoms with Crippen LogP contribution in [0.3, 0.4) is 0 Å². The lowest BCUT2D eigenvalue weighted by molar-refractivity contribution is -0.385. The predicted octanol–water partition coefficient (Wildman–Crippen LogP) is 5.98. The lowest BCUT2D eigenvalue weighted by Crippen LogP contribution is -2.54. The highest BCUT2D eigenvalue weighted by atomic mass is 127. The topological polar surface area (TPSA) is 171 Å². The number of nitro groups is 2. The minimum Gasteiger partial charge on any atom is -0.490 e. The van der Waals surface area contributed by atoms with Gasteiger partial charge in [0.05, 0.1) is 31.3 Å². The molecular weight excluding hydrogens is 696 g/mol. The summed E-state index contributed by atoms with van der Waals surface area (Å²) in [6.07, 6.45) is -3.69. The van der Waals surface area contributed by atoms with Crippen LogP contribution in [0.2, 0.25) is 0 Å². The molecule has 3 aromatic rings. The molecule has 0 radical (unpaired) electrons. The fraction of sp³-hybridized carbons (Fsp3) is 0.115. The van der Waals surface area contributed by atoms with Crippen LogP contribution >= 0.6 is 22.6 Å². The maximum Gasteiger partial charge on any atom is 0.416 e. The molecule has 0 unspecified atom stereocenters. The van der Waals surface area contributed by atoms with Gasteiger partial charge >= 0.3 is 17.9 Å². The number of ether oxygens (including phenoxy) is 2. The van der Waals surface area contributed by atoms with Gasteiger partial charge in [0.1, 0.15) is 5.57 Å². The molecule has 1 aliphatic rings. The third-order valence-electron chi connectivity index (χ3n) is 5.76. The first-order valence-electron chi connectivity index (χ1n) is 11.9. The lowest BCUT2D eigenvalue weighted by atomic mass is 10.1. The zero-order valence-electron chi connectivity index (χ0n) is 21.5. The van der Waals surface area contributed by atoms with E-state index in [0.29, 0.717) is 17.0 Å². The number of amides is 4. The van der Waals surface area contributed by atoms with Crippen molar-refractivity contribution in [3.05, 3.63) is 95.1 Å². The minimum absolute atomic E-state index is 0.0255. The number of barbiturate groups is 1. The molecule has 222 valence electrons. The number of nitro benzene ring substituents is 2. The van der Waals surface area contributed by atoms with Gasteiger partial charge in [-0.1, -0.05) is 0 Å². The van der Waals surface area contributed by atoms with Gasteiger partial charge < -0.3 is 9.47 Å². The summed E-state index contributed by atoms with van der Waals surface area (Å²) in [5.74, 6) is -2.67. The molecule has 4 amide bonds. The predicted molar refractivity (Wildman–Crippen MR) is 151 cm³/mol. The third-order valence-corrected chi connectivity index (χ3v) is 6.56. The van der Waals surface area contributed by atoms with Crippen LogP contribution in [-0.4, -0.2) is 34.3 Å². The molecule has 0 bridgehead atoms. The molecular formula is C26H16F3IN4O9. The van der Waals surface area contributed by atoms with Crippen LogP contribution < -0.4 is 19.7 Å². The van der Waals surface area contributed by atoms with Crippen molar-refractivity contribution in [2.45, 2.75) is 13.1 Å². The molecule has 43 heavy (non-hydrogen) atoms. The molecule has 1 saturated heterocycles. The fourth-order valence-electron chi connectivity index (χ4n) is 3.85. The Bertz CT molecular complexity index is 1710. The second-order valence-corrected chi connectivity index (χ2v) is 9.70. The molecule has 0 spiro atoms. The molecule has 13 nitrogen and oxygen atoms in total. The number of halogens is 4. The number of carbonyl (C=O) groups excluding carboxylic acids is 3. The minimum atomic E-state index is -4.83. The van der Waals surface area contributed by atoms with Gasteiger partial charge in [-0.05, 0) is 77.6 Å². The highest BCUT2D eigenvalue weighted by Crippen LogP contribution is 2.43. The van der Waals surface area contributed by atoms with Crippen LogP contribution in [0.15, 0.2) is 60.2 Å². The van der Waals surface area contributed by atoms with Crippen molar-refractivity contribution in [3.8, 4) is 17.2 Å². The number of nitrogens with zero attached hydrogens (tertiary/aromatic N) is 3. The number of urea groups is 1. The molecule has 0 aliphatic carbocycles. The fourth-order valence-corrected chi connectivity index (χ4v) is 4.58. The number of non-ortho nitro benzene ring substituents is 1. The van der Waals surface area contributed by atoms with E-state index in [1.165, 1.54) is 12.1 Å². The van der Waals surface area contributed by atoms with Crippen LogP contribution in [0.4, 0.5) is 35.0 Å². The largest absolute Gasteiger partial charge is 0.490 e. The summed E-state index contributed by atoms with van der Waals surface area (Å²) in [6, 6.07) is 7.87. The number of carbonyl (C=O) groups is 3. The van der Waals surface area contributed by atoms with Gasteiger partial charge in [0.15, 0.2) is 11.5 Å². The van der Waals surface area contributed by atoms with Crippen molar-refractivity contribution < 1.29 is 46.9 Å². The number of alkyl halides is 3. The van der Waals surface area contributed by atoms with Crippen LogP contribution in [0.25, 0.3) is 6.08 Å². The van der Waals surface area contributed by atoms with Crippen LogP contribution in [0, 0.1) is 23.8 Å². The van der Waals surface area contributed by atoms with E-state index >= 15 is 0 Å². The molecule has 0 aromatic heterocycles. The Morgan fingerprint density at radius 1 is 0.977 bits per heavy atom. The Balaban J connectivity index is 1.73. The van der Waals surface area contributed by atoms with E-state index in [1.807, 2.05) is 5.32 Å². The van der Waals surface area contributed by atoms with Gasteiger partial charge in [0.25, 0.3) is 17.5 Å². The standard InChI is InChI=1S/C26H16F3IN4O9/c1-2-42-21-11-13(10-18(30)22(21)43-20-8-3-14(26(27,28)29)12-19(20)34(40)41)9-17-23(35)31-25(37)32(24(17)36)15-4-6-16(7-5-15)33(38)39/h3-12H,2H2,1H3,(H,31,35,37)/b17-9+. The van der Waals surface area contributed by atoms with Crippen molar-refractivity contribution >= 4 is 63.6 Å². The lowest BCUT2D eigenvalue weighted by Gasteiger charge is -2.26. The number of rotatable bonds is 8. The summed E-state index contributed by atoms with van der Waals surface area (Å²) >= 11 is 1.77. The number of imide groups is 2. The van der Waals surface area contributed by atoms with E-state index in [2.05, 4.69) is 0 Å². The summed E-state index contributed by atoms with van der Waals surface area (Å²) in [7, 11) is 0. The normalized spacial score (nSPS) is 14.5. The smallest absolute Gasteiger partial charge is 0.416 e. The van der Waals surface area contributed by atoms with E-state index in [9.17, 15) is 47.8 Å². The Hall–Kier alpha value is -5.07. The van der Waals surface area contributed by atoms with E-state index in [1.54, 1.807) is 29.5 Å². The van der Waals surface area contributed by atoms with Gasteiger partial charge in [0, 0.05) is 18.2 Å². The van der Waals surface area contributed by atoms with Crippen molar-refractivity contribution in [1.82, 2.24) is 5.32 Å². The average molecular weight is 712 g/mol. The monoisotopic (exact) mass is 712 g/mol. The molecule has 1 N–H and O–H groups in total. The molecule has 17 heteroatoms. The Morgan fingerprint density at radius 2 is 1.65 bits per heavy atom. The summed E-state index contributed by atoms with van der Waals surface area (Å²) < 4.78 is 50.8. The van der Waals surface area contributed by atoms with Crippen LogP contribution in [0.1, 0.15) is 18.1 Å². The summed E-state index contributed by atoms with van der Waals surface area (Å²) in [5, 5.41) is 24.5. The van der Waals surface area contributed by atoms with Gasteiger partial charge in [-0.3, -0.25) is 35.1 Å². The molecule has 3 aromatic carbocycles. The summed E-state index contributed by atoms with van der Waals surface area (Å²) in [6.45, 7) is 1.66. The van der Waals surface area contributed by atoms with Crippen molar-refractivity contribution in [2.24, 2.45) is 0 Å². The number of anilines is 1. The first-order chi connectivity index (χ1) is 20.2. The molecule has 0 saturated carbocycles. The van der Waals surface area contributed by atoms with E-state index in [-0.39, 0.29) is 38.6 Å². The highest BCUT2D eigenvalue weighted by Gasteiger charge is 2.37. The maximum atomic E-state index is 13.2. The van der Waals surface area contributed by atoms with Gasteiger partial charge in [-0.25, -0.2) is 9.69 Å². The molecule has 0 atom stereocenters. The maximum absolute atomic E-state index is 13.2. The molecule has 1 fully saturated rings. The average Bonchev–Trinajstić information content (AvgIpc) is 2.92. The second kappa shape index (κ2) is 12.0. The Morgan fingerprint density at radius 3 is 2.23 bits per heavy atom. The highest BCUT2D eigenvalue weighted by molar-refractivity contribution is 14.1. The molecule has 1 aliphatic heterocycles. The molecule has 1 heterocycles. The van der Waals surface area contributed by atoms with E-state index in [0.717, 1.165) is 36.4 Å². The van der Waals surface area contributed by atoms with E-state index < -0.39 is 56.4 Å². The SMILES string of the molecule is CCOc1cc(/C=C2\C(=O)NC(=O)N(c3ccc([N+](=O)[O-])cc3)C2=O)cc(I)c1Oc1ccc(C(F)(F)F)cc1[N+](=O)[O-]. The first kappa shape index (κ1) is 30.9.